The van der Waals surface area contributed by atoms with E-state index < -0.39 is 0 Å². The van der Waals surface area contributed by atoms with Gasteiger partial charge < -0.3 is 14.7 Å². The van der Waals surface area contributed by atoms with Crippen LogP contribution in [0.1, 0.15) is 36.7 Å². The van der Waals surface area contributed by atoms with Gasteiger partial charge in [-0.3, -0.25) is 9.69 Å². The number of benzene rings is 1. The van der Waals surface area contributed by atoms with Gasteiger partial charge in [0.2, 0.25) is 0 Å². The highest BCUT2D eigenvalue weighted by molar-refractivity contribution is 5.94. The van der Waals surface area contributed by atoms with Crippen molar-refractivity contribution in [3.63, 3.8) is 0 Å². The van der Waals surface area contributed by atoms with E-state index in [4.69, 9.17) is 9.84 Å². The maximum absolute atomic E-state index is 12.3. The second kappa shape index (κ2) is 8.43. The van der Waals surface area contributed by atoms with E-state index in [9.17, 15) is 4.79 Å². The van der Waals surface area contributed by atoms with Crippen LogP contribution in [-0.4, -0.2) is 65.8 Å². The van der Waals surface area contributed by atoms with Crippen molar-refractivity contribution in [1.82, 2.24) is 9.80 Å². The van der Waals surface area contributed by atoms with Gasteiger partial charge in [-0.25, -0.2) is 0 Å². The lowest BCUT2D eigenvalue weighted by molar-refractivity contribution is -0.0704. The van der Waals surface area contributed by atoms with Crippen LogP contribution >= 0.6 is 0 Å². The fourth-order valence-corrected chi connectivity index (χ4v) is 3.13. The average Bonchev–Trinajstić information content (AvgIpc) is 2.51. The molecular weight excluding hydrogens is 292 g/mol. The predicted octanol–water partition coefficient (Wildman–Crippen LogP) is 1.75. The number of ether oxygens (including phenoxy) is 1. The van der Waals surface area contributed by atoms with E-state index in [2.05, 4.69) is 18.7 Å². The molecule has 1 aliphatic rings. The summed E-state index contributed by atoms with van der Waals surface area (Å²) >= 11 is 0. The van der Waals surface area contributed by atoms with Crippen molar-refractivity contribution in [3.8, 4) is 0 Å². The Balaban J connectivity index is 1.97. The number of hydrogen-bond donors (Lipinski definition) is 1. The molecule has 1 aliphatic heterocycles. The molecule has 0 saturated carbocycles. The Labute approximate surface area is 138 Å². The molecule has 2 rings (SSSR count). The van der Waals surface area contributed by atoms with Gasteiger partial charge >= 0.3 is 0 Å². The summed E-state index contributed by atoms with van der Waals surface area (Å²) in [7, 11) is 0. The van der Waals surface area contributed by atoms with E-state index in [0.29, 0.717) is 18.7 Å². The lowest BCUT2D eigenvalue weighted by Crippen LogP contribution is -2.44. The van der Waals surface area contributed by atoms with Crippen molar-refractivity contribution in [2.45, 2.75) is 39.5 Å². The van der Waals surface area contributed by atoms with Gasteiger partial charge in [0, 0.05) is 38.3 Å². The molecule has 128 valence electrons. The molecule has 2 unspecified atom stereocenters. The number of aliphatic hydroxyl groups is 1. The van der Waals surface area contributed by atoms with Crippen LogP contribution < -0.4 is 0 Å². The summed E-state index contributed by atoms with van der Waals surface area (Å²) in [6.45, 7) is 9.84. The first kappa shape index (κ1) is 17.9. The first-order valence-corrected chi connectivity index (χ1v) is 8.40. The van der Waals surface area contributed by atoms with Crippen LogP contribution in [0.2, 0.25) is 0 Å². The molecule has 5 heteroatoms. The monoisotopic (exact) mass is 320 g/mol. The molecule has 1 amide bonds. The highest BCUT2D eigenvalue weighted by atomic mass is 16.5. The Bertz CT molecular complexity index is 493. The predicted molar refractivity (Wildman–Crippen MR) is 90.4 cm³/mol. The number of rotatable bonds is 6. The third kappa shape index (κ3) is 5.03. The fraction of sp³-hybridized carbons (Fsp3) is 0.611. The van der Waals surface area contributed by atoms with Gasteiger partial charge in [0.05, 0.1) is 18.8 Å². The zero-order chi connectivity index (χ0) is 16.8. The molecule has 1 aromatic carbocycles. The largest absolute Gasteiger partial charge is 0.395 e. The Morgan fingerprint density at radius 1 is 1.26 bits per heavy atom. The van der Waals surface area contributed by atoms with E-state index in [0.717, 1.165) is 19.6 Å². The lowest BCUT2D eigenvalue weighted by Gasteiger charge is -2.35. The number of hydrogen-bond acceptors (Lipinski definition) is 4. The number of morpholine rings is 1. The third-order valence-corrected chi connectivity index (χ3v) is 4.14. The minimum Gasteiger partial charge on any atom is -0.395 e. The standard InChI is InChI=1S/C18H28N2O3/c1-4-20(9-10-21)18(22)17-7-5-16(6-8-17)13-19-11-14(2)23-15(3)12-19/h5-8,14-15,21H,4,9-13H2,1-3H3. The summed E-state index contributed by atoms with van der Waals surface area (Å²) in [5.41, 5.74) is 1.88. The van der Waals surface area contributed by atoms with Gasteiger partial charge in [-0.1, -0.05) is 12.1 Å². The smallest absolute Gasteiger partial charge is 0.253 e. The molecular formula is C18H28N2O3. The average molecular weight is 320 g/mol. The summed E-state index contributed by atoms with van der Waals surface area (Å²) in [5, 5.41) is 9.02. The van der Waals surface area contributed by atoms with Crippen molar-refractivity contribution in [3.05, 3.63) is 35.4 Å². The SMILES string of the molecule is CCN(CCO)C(=O)c1ccc(CN2CC(C)OC(C)C2)cc1. The summed E-state index contributed by atoms with van der Waals surface area (Å²) in [6, 6.07) is 7.80. The maximum Gasteiger partial charge on any atom is 0.253 e. The second-order valence-corrected chi connectivity index (χ2v) is 6.26. The van der Waals surface area contributed by atoms with E-state index in [1.165, 1.54) is 5.56 Å². The highest BCUT2D eigenvalue weighted by Gasteiger charge is 2.22. The van der Waals surface area contributed by atoms with Crippen LogP contribution in [0.25, 0.3) is 0 Å². The van der Waals surface area contributed by atoms with Crippen LogP contribution in [-0.2, 0) is 11.3 Å². The van der Waals surface area contributed by atoms with Gasteiger partial charge in [0.15, 0.2) is 0 Å². The lowest BCUT2D eigenvalue weighted by atomic mass is 10.1. The van der Waals surface area contributed by atoms with Crippen LogP contribution in [0, 0.1) is 0 Å². The highest BCUT2D eigenvalue weighted by Crippen LogP contribution is 2.15. The number of amides is 1. The van der Waals surface area contributed by atoms with Crippen molar-refractivity contribution in [2.75, 3.05) is 32.8 Å². The Morgan fingerprint density at radius 2 is 1.87 bits per heavy atom. The molecule has 0 aliphatic carbocycles. The summed E-state index contributed by atoms with van der Waals surface area (Å²) in [6.07, 6.45) is 0.521. The van der Waals surface area contributed by atoms with Gasteiger partial charge in [-0.15, -0.1) is 0 Å². The van der Waals surface area contributed by atoms with Crippen molar-refractivity contribution < 1.29 is 14.6 Å². The normalized spacial score (nSPS) is 22.1. The van der Waals surface area contributed by atoms with E-state index in [1.807, 2.05) is 31.2 Å². The Hall–Kier alpha value is -1.43. The van der Waals surface area contributed by atoms with Crippen molar-refractivity contribution >= 4 is 5.91 Å². The zero-order valence-corrected chi connectivity index (χ0v) is 14.4. The van der Waals surface area contributed by atoms with Gasteiger partial charge in [0.1, 0.15) is 0 Å². The Morgan fingerprint density at radius 3 is 2.39 bits per heavy atom. The van der Waals surface area contributed by atoms with Gasteiger partial charge in [-0.05, 0) is 38.5 Å². The summed E-state index contributed by atoms with van der Waals surface area (Å²) in [5.74, 6) is -0.0262. The number of aliphatic hydroxyl groups excluding tert-OH is 1. The number of nitrogens with zero attached hydrogens (tertiary/aromatic N) is 2. The van der Waals surface area contributed by atoms with Crippen molar-refractivity contribution in [1.29, 1.82) is 0 Å². The molecule has 0 radical (unpaired) electrons. The molecule has 1 heterocycles. The van der Waals surface area contributed by atoms with Crippen molar-refractivity contribution in [2.24, 2.45) is 0 Å². The zero-order valence-electron chi connectivity index (χ0n) is 14.4. The van der Waals surface area contributed by atoms with Crippen LogP contribution in [0.3, 0.4) is 0 Å². The second-order valence-electron chi connectivity index (χ2n) is 6.26. The quantitative estimate of drug-likeness (QED) is 0.868. The third-order valence-electron chi connectivity index (χ3n) is 4.14. The van der Waals surface area contributed by atoms with E-state index >= 15 is 0 Å². The summed E-state index contributed by atoms with van der Waals surface area (Å²) in [4.78, 5) is 16.4. The fourth-order valence-electron chi connectivity index (χ4n) is 3.13. The number of carbonyl (C=O) groups excluding carboxylic acids is 1. The molecule has 1 saturated heterocycles. The molecule has 1 fully saturated rings. The first-order chi connectivity index (χ1) is 11.0. The first-order valence-electron chi connectivity index (χ1n) is 8.40. The maximum atomic E-state index is 12.3. The van der Waals surface area contributed by atoms with Crippen LogP contribution in [0.4, 0.5) is 0 Å². The molecule has 1 aromatic rings. The van der Waals surface area contributed by atoms with E-state index in [1.54, 1.807) is 4.90 Å². The number of carbonyl (C=O) groups is 1. The molecule has 0 bridgehead atoms. The molecule has 23 heavy (non-hydrogen) atoms. The minimum atomic E-state index is -0.0262. The minimum absolute atomic E-state index is 0.00887. The summed E-state index contributed by atoms with van der Waals surface area (Å²) < 4.78 is 5.75. The molecule has 5 nitrogen and oxygen atoms in total. The topological polar surface area (TPSA) is 53.0 Å². The number of likely N-dealkylation sites (N-methyl/N-ethyl adjacent to an activating group) is 1. The molecule has 0 aromatic heterocycles. The molecule has 2 atom stereocenters. The van der Waals surface area contributed by atoms with Crippen LogP contribution in [0.15, 0.2) is 24.3 Å². The van der Waals surface area contributed by atoms with Gasteiger partial charge in [0.25, 0.3) is 5.91 Å². The Kier molecular flexibility index (Phi) is 6.57. The van der Waals surface area contributed by atoms with Gasteiger partial charge in [-0.2, -0.15) is 0 Å². The molecule has 0 spiro atoms. The van der Waals surface area contributed by atoms with Crippen LogP contribution in [0.5, 0.6) is 0 Å². The van der Waals surface area contributed by atoms with E-state index in [-0.39, 0.29) is 24.7 Å². The molecule has 1 N–H and O–H groups in total.